The van der Waals surface area contributed by atoms with Crippen molar-refractivity contribution in [3.8, 4) is 0 Å². The van der Waals surface area contributed by atoms with Crippen molar-refractivity contribution in [1.82, 2.24) is 4.90 Å². The van der Waals surface area contributed by atoms with E-state index in [1.165, 1.54) is 11.1 Å². The van der Waals surface area contributed by atoms with Gasteiger partial charge in [0.25, 0.3) is 6.47 Å². The first kappa shape index (κ1) is 25.7. The summed E-state index contributed by atoms with van der Waals surface area (Å²) < 4.78 is 5.49. The van der Waals surface area contributed by atoms with E-state index in [1.807, 2.05) is 39.5 Å². The lowest BCUT2D eigenvalue weighted by Gasteiger charge is -2.41. The average Bonchev–Trinajstić information content (AvgIpc) is 2.69. The zero-order valence-corrected chi connectivity index (χ0v) is 18.3. The van der Waals surface area contributed by atoms with Crippen LogP contribution in [0.25, 0.3) is 0 Å². The van der Waals surface area contributed by atoms with Gasteiger partial charge in [-0.15, -0.1) is 6.58 Å². The van der Waals surface area contributed by atoms with Crippen molar-refractivity contribution in [2.75, 3.05) is 13.1 Å². The highest BCUT2D eigenvalue weighted by Gasteiger charge is 2.37. The third-order valence-corrected chi connectivity index (χ3v) is 4.63. The van der Waals surface area contributed by atoms with E-state index < -0.39 is 5.60 Å². The molecule has 2 rings (SSSR count). The molecule has 28 heavy (non-hydrogen) atoms. The largest absolute Gasteiger partial charge is 0.483 e. The molecule has 1 aliphatic rings. The van der Waals surface area contributed by atoms with Gasteiger partial charge in [0.15, 0.2) is 0 Å². The zero-order chi connectivity index (χ0) is 21.8. The van der Waals surface area contributed by atoms with Crippen LogP contribution in [0, 0.1) is 0 Å². The second-order valence-corrected chi connectivity index (χ2v) is 7.44. The standard InChI is InChI=1S/C20H29NO2.C2H6.CH2O2/c1-6-16-10-8-9-11-17(16)20(7-2)12-14-21(15-13-20)18(22)23-19(3,4)5;1-2;2-1-3/h7-11H,2,6,12-15H2,1,3-5H3;1-2H3;1H,(H,2,3). The summed E-state index contributed by atoms with van der Waals surface area (Å²) in [5, 5.41) is 6.89. The highest BCUT2D eigenvalue weighted by atomic mass is 16.6. The normalized spacial score (nSPS) is 15.1. The smallest absolute Gasteiger partial charge is 0.410 e. The van der Waals surface area contributed by atoms with Crippen molar-refractivity contribution in [2.24, 2.45) is 0 Å². The summed E-state index contributed by atoms with van der Waals surface area (Å²) >= 11 is 0. The van der Waals surface area contributed by atoms with Crippen molar-refractivity contribution in [3.05, 3.63) is 48.0 Å². The number of nitrogens with zero attached hydrogens (tertiary/aromatic N) is 1. The van der Waals surface area contributed by atoms with E-state index >= 15 is 0 Å². The Morgan fingerprint density at radius 3 is 2.18 bits per heavy atom. The number of carbonyl (C=O) groups is 2. The van der Waals surface area contributed by atoms with Crippen LogP contribution in [0.1, 0.15) is 65.5 Å². The van der Waals surface area contributed by atoms with Gasteiger partial charge < -0.3 is 14.7 Å². The molecule has 0 bridgehead atoms. The molecule has 1 aromatic rings. The number of allylic oxidation sites excluding steroid dienone is 1. The maximum absolute atomic E-state index is 12.3. The van der Waals surface area contributed by atoms with Gasteiger partial charge in [-0.2, -0.15) is 0 Å². The minimum absolute atomic E-state index is 0.0366. The Morgan fingerprint density at radius 1 is 1.25 bits per heavy atom. The summed E-state index contributed by atoms with van der Waals surface area (Å²) in [4.78, 5) is 22.4. The van der Waals surface area contributed by atoms with Gasteiger partial charge in [0, 0.05) is 18.5 Å². The van der Waals surface area contributed by atoms with Crippen LogP contribution in [0.2, 0.25) is 0 Å². The Balaban J connectivity index is 0.00000133. The molecule has 1 aromatic carbocycles. The first-order valence-corrected chi connectivity index (χ1v) is 10.0. The van der Waals surface area contributed by atoms with E-state index in [0.717, 1.165) is 19.3 Å². The fourth-order valence-corrected chi connectivity index (χ4v) is 3.31. The van der Waals surface area contributed by atoms with E-state index in [4.69, 9.17) is 14.6 Å². The maximum Gasteiger partial charge on any atom is 0.410 e. The van der Waals surface area contributed by atoms with Crippen LogP contribution in [0.5, 0.6) is 0 Å². The van der Waals surface area contributed by atoms with E-state index in [-0.39, 0.29) is 18.0 Å². The Bertz CT molecular complexity index is 611. The molecular formula is C23H37NO4. The van der Waals surface area contributed by atoms with Crippen molar-refractivity contribution in [1.29, 1.82) is 0 Å². The fourth-order valence-electron chi connectivity index (χ4n) is 3.31. The second kappa shape index (κ2) is 12.2. The summed E-state index contributed by atoms with van der Waals surface area (Å²) in [7, 11) is 0. The maximum atomic E-state index is 12.3. The van der Waals surface area contributed by atoms with Crippen LogP contribution < -0.4 is 0 Å². The molecule has 1 aliphatic heterocycles. The van der Waals surface area contributed by atoms with Crippen molar-refractivity contribution >= 4 is 12.6 Å². The fraction of sp³-hybridized carbons (Fsp3) is 0.565. The number of ether oxygens (including phenoxy) is 1. The number of piperidine rings is 1. The van der Waals surface area contributed by atoms with Gasteiger partial charge in [0.1, 0.15) is 5.60 Å². The van der Waals surface area contributed by atoms with E-state index in [1.54, 1.807) is 0 Å². The molecule has 0 aromatic heterocycles. The average molecular weight is 392 g/mol. The number of hydrogen-bond donors (Lipinski definition) is 1. The van der Waals surface area contributed by atoms with E-state index in [2.05, 4.69) is 43.8 Å². The van der Waals surface area contributed by atoms with Crippen LogP contribution in [0.3, 0.4) is 0 Å². The number of benzene rings is 1. The van der Waals surface area contributed by atoms with Gasteiger partial charge in [-0.1, -0.05) is 51.1 Å². The predicted molar refractivity (Wildman–Crippen MR) is 115 cm³/mol. The Morgan fingerprint density at radius 2 is 1.75 bits per heavy atom. The Hall–Kier alpha value is -2.30. The van der Waals surface area contributed by atoms with Crippen molar-refractivity contribution in [3.63, 3.8) is 0 Å². The molecule has 0 atom stereocenters. The van der Waals surface area contributed by atoms with Crippen LogP contribution in [0.15, 0.2) is 36.9 Å². The highest BCUT2D eigenvalue weighted by molar-refractivity contribution is 5.68. The molecule has 5 heteroatoms. The Kier molecular flexibility index (Phi) is 11.2. The molecule has 158 valence electrons. The molecule has 1 N–H and O–H groups in total. The summed E-state index contributed by atoms with van der Waals surface area (Å²) in [6.07, 6.45) is 4.67. The predicted octanol–water partition coefficient (Wildman–Crippen LogP) is 5.43. The number of hydrogen-bond acceptors (Lipinski definition) is 3. The molecule has 1 fully saturated rings. The van der Waals surface area contributed by atoms with Crippen LogP contribution in [0.4, 0.5) is 4.79 Å². The van der Waals surface area contributed by atoms with Gasteiger partial charge in [-0.3, -0.25) is 4.79 Å². The molecule has 5 nitrogen and oxygen atoms in total. The van der Waals surface area contributed by atoms with Gasteiger partial charge in [0.2, 0.25) is 0 Å². The monoisotopic (exact) mass is 391 g/mol. The first-order valence-electron chi connectivity index (χ1n) is 10.0. The molecule has 1 saturated heterocycles. The lowest BCUT2D eigenvalue weighted by Crippen LogP contribution is -2.46. The summed E-state index contributed by atoms with van der Waals surface area (Å²) in [6.45, 7) is 17.2. The third-order valence-electron chi connectivity index (χ3n) is 4.63. The molecule has 1 heterocycles. The number of amides is 1. The molecule has 0 saturated carbocycles. The van der Waals surface area contributed by atoms with Crippen molar-refractivity contribution in [2.45, 2.75) is 71.8 Å². The quantitative estimate of drug-likeness (QED) is 0.551. The van der Waals surface area contributed by atoms with E-state index in [0.29, 0.717) is 13.1 Å². The van der Waals surface area contributed by atoms with Gasteiger partial charge >= 0.3 is 6.09 Å². The summed E-state index contributed by atoms with van der Waals surface area (Å²) in [5.74, 6) is 0. The lowest BCUT2D eigenvalue weighted by molar-refractivity contribution is -0.122. The van der Waals surface area contributed by atoms with Gasteiger partial charge in [0.05, 0.1) is 0 Å². The van der Waals surface area contributed by atoms with Crippen molar-refractivity contribution < 1.29 is 19.4 Å². The first-order chi connectivity index (χ1) is 13.2. The zero-order valence-electron chi connectivity index (χ0n) is 18.3. The molecular weight excluding hydrogens is 354 g/mol. The number of aryl methyl sites for hydroxylation is 1. The van der Waals surface area contributed by atoms with Crippen LogP contribution in [-0.2, 0) is 21.4 Å². The molecule has 0 aliphatic carbocycles. The summed E-state index contributed by atoms with van der Waals surface area (Å²) in [6, 6.07) is 8.60. The van der Waals surface area contributed by atoms with E-state index in [9.17, 15) is 4.79 Å². The van der Waals surface area contributed by atoms with Gasteiger partial charge in [-0.05, 0) is 51.2 Å². The molecule has 0 unspecified atom stereocenters. The number of carbonyl (C=O) groups excluding carboxylic acids is 1. The SMILES string of the molecule is C=CC1(c2ccccc2CC)CCN(C(=O)OC(C)(C)C)CC1.CC.O=CO. The Labute approximate surface area is 170 Å². The van der Waals surface area contributed by atoms with Crippen LogP contribution >= 0.6 is 0 Å². The van der Waals surface area contributed by atoms with Gasteiger partial charge in [-0.25, -0.2) is 4.79 Å². The lowest BCUT2D eigenvalue weighted by atomic mass is 9.71. The highest BCUT2D eigenvalue weighted by Crippen LogP contribution is 2.38. The van der Waals surface area contributed by atoms with Crippen LogP contribution in [-0.4, -0.2) is 41.3 Å². The minimum atomic E-state index is -0.446. The number of carboxylic acid groups (broad SMARTS) is 1. The molecule has 0 spiro atoms. The molecule has 1 amide bonds. The molecule has 0 radical (unpaired) electrons. The number of rotatable bonds is 3. The number of likely N-dealkylation sites (tertiary alicyclic amines) is 1. The summed E-state index contributed by atoms with van der Waals surface area (Å²) in [5.41, 5.74) is 2.25. The third kappa shape index (κ3) is 7.37. The minimum Gasteiger partial charge on any atom is -0.483 e. The second-order valence-electron chi connectivity index (χ2n) is 7.44. The topological polar surface area (TPSA) is 66.8 Å².